The van der Waals surface area contributed by atoms with Crippen molar-refractivity contribution in [2.75, 3.05) is 44.8 Å². The van der Waals surface area contributed by atoms with E-state index in [-0.39, 0.29) is 11.9 Å². The van der Waals surface area contributed by atoms with Crippen molar-refractivity contribution in [3.8, 4) is 5.75 Å². The number of amides is 1. The van der Waals surface area contributed by atoms with Gasteiger partial charge in [-0.1, -0.05) is 95.9 Å². The van der Waals surface area contributed by atoms with Gasteiger partial charge in [0.2, 0.25) is 5.95 Å². The Balaban J connectivity index is 1.70. The molecule has 2 rings (SSSR count). The van der Waals surface area contributed by atoms with Crippen molar-refractivity contribution in [1.29, 1.82) is 0 Å². The number of allylic oxidation sites excluding steroid dienone is 13. The average Bonchev–Trinajstić information content (AvgIpc) is 3.22. The van der Waals surface area contributed by atoms with Crippen molar-refractivity contribution in [2.45, 2.75) is 159 Å². The second-order valence-electron chi connectivity index (χ2n) is 17.5. The molecule has 0 spiro atoms. The van der Waals surface area contributed by atoms with Crippen LogP contribution in [-0.4, -0.2) is 54.6 Å². The maximum atomic E-state index is 13.1. The summed E-state index contributed by atoms with van der Waals surface area (Å²) in [6, 6.07) is 5.59. The van der Waals surface area contributed by atoms with E-state index in [0.717, 1.165) is 118 Å². The number of rotatable bonds is 30. The zero-order valence-electron chi connectivity index (χ0n) is 40.9. The van der Waals surface area contributed by atoms with Gasteiger partial charge < -0.3 is 26.0 Å². The van der Waals surface area contributed by atoms with Crippen LogP contribution < -0.4 is 21.1 Å². The van der Waals surface area contributed by atoms with E-state index in [2.05, 4.69) is 124 Å². The average molecular weight is 849 g/mol. The molecule has 0 aliphatic heterocycles. The summed E-state index contributed by atoms with van der Waals surface area (Å²) in [5.74, 6) is 1.50. The van der Waals surface area contributed by atoms with E-state index in [1.54, 1.807) is 13.2 Å². The number of aromatic nitrogens is 2. The van der Waals surface area contributed by atoms with Crippen molar-refractivity contribution in [3.63, 3.8) is 0 Å². The summed E-state index contributed by atoms with van der Waals surface area (Å²) < 4.78 is 5.73. The van der Waals surface area contributed by atoms with Gasteiger partial charge in [-0.05, 0) is 157 Å². The number of methoxy groups -OCH3 is 1. The molecule has 0 unspecified atom stereocenters. The van der Waals surface area contributed by atoms with E-state index in [1.165, 1.54) is 39.9 Å². The van der Waals surface area contributed by atoms with Gasteiger partial charge in [0.25, 0.3) is 5.91 Å². The van der Waals surface area contributed by atoms with E-state index >= 15 is 0 Å². The Morgan fingerprint density at radius 3 is 1.82 bits per heavy atom. The smallest absolute Gasteiger partial charge is 0.251 e. The second kappa shape index (κ2) is 30.2. The fourth-order valence-corrected chi connectivity index (χ4v) is 7.11. The fraction of sp³-hybridized carbons (Fsp3) is 0.537. The standard InChI is InChI=1S/C54H84N6O2/c1-13-14-35-56-52-50(47(10)58-54(55)59-52)38-48-33-34-49(39-51(48)62-12)53(61)57-36-37-60(11)46(9)32-31-45(8)30-20-29-44(7)28-19-26-42(5)23-16-15-22-41(4)25-18-27-43(6)24-17-21-40(2)3/h21-23,27-28,30,33-34,39H,9,13-20,24-26,29,31-32,35-38H2,1-8,10-12H3,(H,57,61)(H3,55,56,58,59)/b41-22+,42-23+,43-27+,44-28+,45-30+. The van der Waals surface area contributed by atoms with Crippen LogP contribution in [0.4, 0.5) is 11.8 Å². The molecule has 0 radical (unpaired) electrons. The molecule has 342 valence electrons. The van der Waals surface area contributed by atoms with Crippen molar-refractivity contribution in [1.82, 2.24) is 20.2 Å². The van der Waals surface area contributed by atoms with E-state index in [0.29, 0.717) is 30.8 Å². The Hall–Kier alpha value is -4.85. The molecule has 2 aromatic rings. The monoisotopic (exact) mass is 849 g/mol. The molecule has 0 aliphatic rings. The van der Waals surface area contributed by atoms with Crippen LogP contribution >= 0.6 is 0 Å². The van der Waals surface area contributed by atoms with Gasteiger partial charge in [-0.15, -0.1) is 0 Å². The third-order valence-corrected chi connectivity index (χ3v) is 11.4. The number of nitrogen functional groups attached to an aromatic ring is 1. The number of nitrogens with two attached hydrogens (primary N) is 1. The zero-order valence-corrected chi connectivity index (χ0v) is 40.9. The number of nitrogens with one attached hydrogen (secondary N) is 2. The Bertz CT molecular complexity index is 1890. The highest BCUT2D eigenvalue weighted by molar-refractivity contribution is 5.94. The normalized spacial score (nSPS) is 12.7. The Morgan fingerprint density at radius 1 is 0.758 bits per heavy atom. The van der Waals surface area contributed by atoms with Crippen LogP contribution in [0, 0.1) is 6.92 Å². The molecule has 0 saturated heterocycles. The summed E-state index contributed by atoms with van der Waals surface area (Å²) >= 11 is 0. The largest absolute Gasteiger partial charge is 0.496 e. The molecule has 1 amide bonds. The van der Waals surface area contributed by atoms with Gasteiger partial charge in [0, 0.05) is 55.6 Å². The van der Waals surface area contributed by atoms with Crippen LogP contribution in [0.1, 0.15) is 172 Å². The lowest BCUT2D eigenvalue weighted by Gasteiger charge is -2.22. The molecular formula is C54H84N6O2. The molecule has 8 nitrogen and oxygen atoms in total. The van der Waals surface area contributed by atoms with Gasteiger partial charge in [-0.25, -0.2) is 4.98 Å². The Labute approximate surface area is 378 Å². The minimum Gasteiger partial charge on any atom is -0.496 e. The number of hydrogen-bond donors (Lipinski definition) is 3. The van der Waals surface area contributed by atoms with Crippen LogP contribution in [-0.2, 0) is 6.42 Å². The lowest BCUT2D eigenvalue weighted by atomic mass is 10.0. The molecule has 0 fully saturated rings. The number of carbonyl (C=O) groups excluding carboxylic acids is 1. The van der Waals surface area contributed by atoms with Crippen molar-refractivity contribution in [3.05, 3.63) is 123 Å². The van der Waals surface area contributed by atoms with Gasteiger partial charge in [-0.2, -0.15) is 4.98 Å². The first-order valence-corrected chi connectivity index (χ1v) is 23.3. The third-order valence-electron chi connectivity index (χ3n) is 11.4. The second-order valence-corrected chi connectivity index (χ2v) is 17.5. The molecule has 1 aromatic carbocycles. The van der Waals surface area contributed by atoms with E-state index in [4.69, 9.17) is 10.5 Å². The van der Waals surface area contributed by atoms with Gasteiger partial charge >= 0.3 is 0 Å². The van der Waals surface area contributed by atoms with Crippen LogP contribution in [0.3, 0.4) is 0 Å². The highest BCUT2D eigenvalue weighted by Crippen LogP contribution is 2.28. The molecule has 0 atom stereocenters. The number of carbonyl (C=O) groups is 1. The number of benzene rings is 1. The SMILES string of the molecule is C=C(CC/C(C)=C/CC/C(C)=C/CC/C(C)=C/CC/C=C(\C)CC/C=C(\C)CCC=C(C)C)N(C)CCNC(=O)c1ccc(Cc2c(C)nc(N)nc2NCCCC)c(OC)c1. The molecule has 8 heteroatoms. The van der Waals surface area contributed by atoms with Crippen LogP contribution in [0.2, 0.25) is 0 Å². The summed E-state index contributed by atoms with van der Waals surface area (Å²) in [5.41, 5.74) is 19.1. The van der Waals surface area contributed by atoms with Crippen molar-refractivity contribution >= 4 is 17.7 Å². The zero-order chi connectivity index (χ0) is 45.9. The van der Waals surface area contributed by atoms with Gasteiger partial charge in [-0.3, -0.25) is 4.79 Å². The maximum absolute atomic E-state index is 13.1. The predicted octanol–water partition coefficient (Wildman–Crippen LogP) is 13.7. The first-order valence-electron chi connectivity index (χ1n) is 23.3. The summed E-state index contributed by atoms with van der Waals surface area (Å²) in [6.07, 6.45) is 30.2. The first kappa shape index (κ1) is 53.3. The summed E-state index contributed by atoms with van der Waals surface area (Å²) in [5, 5.41) is 6.48. The number of nitrogens with zero attached hydrogens (tertiary/aromatic N) is 3. The summed E-state index contributed by atoms with van der Waals surface area (Å²) in [7, 11) is 3.67. The molecule has 4 N–H and O–H groups in total. The number of hydrogen-bond acceptors (Lipinski definition) is 7. The topological polar surface area (TPSA) is 105 Å². The van der Waals surface area contributed by atoms with Crippen LogP contribution in [0.15, 0.2) is 100 Å². The van der Waals surface area contributed by atoms with E-state index in [1.807, 2.05) is 26.1 Å². The molecule has 1 heterocycles. The number of anilines is 2. The van der Waals surface area contributed by atoms with Gasteiger partial charge in [0.15, 0.2) is 0 Å². The lowest BCUT2D eigenvalue weighted by Crippen LogP contribution is -2.32. The summed E-state index contributed by atoms with van der Waals surface area (Å²) in [4.78, 5) is 24.1. The Morgan fingerprint density at radius 2 is 1.29 bits per heavy atom. The molecular weight excluding hydrogens is 765 g/mol. The highest BCUT2D eigenvalue weighted by atomic mass is 16.5. The number of aryl methyl sites for hydroxylation is 1. The maximum Gasteiger partial charge on any atom is 0.251 e. The highest BCUT2D eigenvalue weighted by Gasteiger charge is 2.16. The fourth-order valence-electron chi connectivity index (χ4n) is 7.11. The molecule has 0 aliphatic carbocycles. The number of likely N-dealkylation sites (N-methyl/N-ethyl adjacent to an activating group) is 1. The Kier molecular flexibility index (Phi) is 26.0. The summed E-state index contributed by atoms with van der Waals surface area (Å²) in [6.45, 7) is 26.1. The lowest BCUT2D eigenvalue weighted by molar-refractivity contribution is 0.0950. The molecule has 0 bridgehead atoms. The van der Waals surface area contributed by atoms with Gasteiger partial charge in [0.1, 0.15) is 11.6 Å². The quantitative estimate of drug-likeness (QED) is 0.0531. The third kappa shape index (κ3) is 22.3. The van der Waals surface area contributed by atoms with Gasteiger partial charge in [0.05, 0.1) is 7.11 Å². The molecule has 1 aromatic heterocycles. The van der Waals surface area contributed by atoms with Crippen LogP contribution in [0.5, 0.6) is 5.75 Å². The minimum absolute atomic E-state index is 0.137. The predicted molar refractivity (Wildman–Crippen MR) is 268 cm³/mol. The molecule has 62 heavy (non-hydrogen) atoms. The molecule has 0 saturated carbocycles. The number of ether oxygens (including phenoxy) is 1. The first-order chi connectivity index (χ1) is 29.6. The van der Waals surface area contributed by atoms with Crippen LogP contribution in [0.25, 0.3) is 0 Å². The van der Waals surface area contributed by atoms with Crippen molar-refractivity contribution in [2.24, 2.45) is 0 Å². The van der Waals surface area contributed by atoms with E-state index in [9.17, 15) is 4.79 Å². The number of unbranched alkanes of at least 4 members (excludes halogenated alkanes) is 2. The minimum atomic E-state index is -0.137. The van der Waals surface area contributed by atoms with Crippen molar-refractivity contribution < 1.29 is 9.53 Å². The van der Waals surface area contributed by atoms with E-state index < -0.39 is 0 Å².